The number of nitrogens with zero attached hydrogens (tertiary/aromatic N) is 1. The Hall–Kier alpha value is -2.64. The summed E-state index contributed by atoms with van der Waals surface area (Å²) in [6.07, 6.45) is 1.62. The van der Waals surface area contributed by atoms with Gasteiger partial charge in [-0.2, -0.15) is 0 Å². The second-order valence-electron chi connectivity index (χ2n) is 3.71. The number of carboxylic acid groups (broad SMARTS) is 1. The number of carbonyl (C=O) groups excluding carboxylic acids is 2. The second kappa shape index (κ2) is 4.32. The Morgan fingerprint density at radius 3 is 2.78 bits per heavy atom. The molecule has 0 saturated carbocycles. The average molecular weight is 250 g/mol. The van der Waals surface area contributed by atoms with Gasteiger partial charge in [0.05, 0.1) is 6.54 Å². The van der Waals surface area contributed by atoms with E-state index in [1.54, 1.807) is 12.1 Å². The highest BCUT2D eigenvalue weighted by atomic mass is 16.4. The lowest BCUT2D eigenvalue weighted by molar-refractivity contribution is -0.124. The number of amides is 4. The fraction of sp³-hybridized carbons (Fsp3) is 0.200. The maximum Gasteiger partial charge on any atom is 0.404 e. The first-order valence-corrected chi connectivity index (χ1v) is 5.05. The van der Waals surface area contributed by atoms with Gasteiger partial charge in [-0.25, -0.2) is 9.59 Å². The van der Waals surface area contributed by atoms with Gasteiger partial charge in [0.25, 0.3) is 5.91 Å². The third kappa shape index (κ3) is 1.95. The predicted octanol–water partition coefficient (Wildman–Crippen LogP) is -0.616. The fourth-order valence-electron chi connectivity index (χ4n) is 1.74. The highest BCUT2D eigenvalue weighted by molar-refractivity contribution is 6.07. The fourth-order valence-corrected chi connectivity index (χ4v) is 1.74. The predicted molar refractivity (Wildman–Crippen MR) is 58.6 cm³/mol. The van der Waals surface area contributed by atoms with Gasteiger partial charge in [0.15, 0.2) is 5.54 Å². The molecular weight excluding hydrogens is 240 g/mol. The summed E-state index contributed by atoms with van der Waals surface area (Å²) in [7, 11) is 0. The van der Waals surface area contributed by atoms with Gasteiger partial charge >= 0.3 is 12.1 Å². The van der Waals surface area contributed by atoms with Crippen LogP contribution in [0.4, 0.5) is 9.59 Å². The summed E-state index contributed by atoms with van der Waals surface area (Å²) in [6.45, 7) is -0.272. The minimum Gasteiger partial charge on any atom is -0.465 e. The van der Waals surface area contributed by atoms with Crippen molar-refractivity contribution in [1.29, 1.82) is 0 Å². The van der Waals surface area contributed by atoms with Crippen molar-refractivity contribution < 1.29 is 19.5 Å². The molecule has 1 unspecified atom stereocenters. The summed E-state index contributed by atoms with van der Waals surface area (Å²) in [5.41, 5.74) is -1.05. The molecule has 0 spiro atoms. The topological polar surface area (TPSA) is 120 Å². The molecule has 0 aromatic carbocycles. The lowest BCUT2D eigenvalue weighted by atomic mass is 9.91. The van der Waals surface area contributed by atoms with Crippen LogP contribution in [-0.4, -0.2) is 34.7 Å². The van der Waals surface area contributed by atoms with E-state index in [0.717, 1.165) is 0 Å². The first kappa shape index (κ1) is 11.8. The summed E-state index contributed by atoms with van der Waals surface area (Å²) in [4.78, 5) is 37.5. The van der Waals surface area contributed by atoms with E-state index in [9.17, 15) is 14.4 Å². The maximum absolute atomic E-state index is 11.9. The van der Waals surface area contributed by atoms with Gasteiger partial charge in [-0.1, -0.05) is 6.07 Å². The molecule has 1 aliphatic heterocycles. The Kier molecular flexibility index (Phi) is 2.84. The van der Waals surface area contributed by atoms with Crippen molar-refractivity contribution in [2.75, 3.05) is 6.54 Å². The standard InChI is InChI=1S/C10H10N4O4/c15-7-10(5-12-9(17)18,14-8(16)13-7)6-2-1-3-11-4-6/h1-4,12H,5H2,(H,17,18)(H2,13,14,15,16). The number of carbonyl (C=O) groups is 3. The minimum atomic E-state index is -1.45. The van der Waals surface area contributed by atoms with E-state index in [2.05, 4.69) is 20.9 Å². The second-order valence-corrected chi connectivity index (χ2v) is 3.71. The molecule has 0 radical (unpaired) electrons. The van der Waals surface area contributed by atoms with Gasteiger partial charge in [-0.05, 0) is 6.07 Å². The first-order chi connectivity index (χ1) is 8.54. The molecule has 2 rings (SSSR count). The summed E-state index contributed by atoms with van der Waals surface area (Å²) >= 11 is 0. The van der Waals surface area contributed by atoms with Crippen LogP contribution in [-0.2, 0) is 10.3 Å². The molecule has 4 N–H and O–H groups in total. The molecule has 18 heavy (non-hydrogen) atoms. The molecule has 8 heteroatoms. The van der Waals surface area contributed by atoms with Crippen molar-refractivity contribution in [3.8, 4) is 0 Å². The van der Waals surface area contributed by atoms with Gasteiger partial charge in [-0.15, -0.1) is 0 Å². The molecular formula is C10H10N4O4. The van der Waals surface area contributed by atoms with Crippen LogP contribution >= 0.6 is 0 Å². The van der Waals surface area contributed by atoms with Gasteiger partial charge in [0, 0.05) is 18.0 Å². The highest BCUT2D eigenvalue weighted by Gasteiger charge is 2.48. The number of hydrogen-bond donors (Lipinski definition) is 4. The van der Waals surface area contributed by atoms with Crippen molar-refractivity contribution in [2.24, 2.45) is 0 Å². The molecule has 4 amide bonds. The Labute approximate surface area is 101 Å². The number of aromatic nitrogens is 1. The number of urea groups is 1. The summed E-state index contributed by atoms with van der Waals surface area (Å²) in [5.74, 6) is -0.616. The lowest BCUT2D eigenvalue weighted by Gasteiger charge is -2.25. The van der Waals surface area contributed by atoms with Gasteiger partial charge < -0.3 is 15.7 Å². The van der Waals surface area contributed by atoms with E-state index >= 15 is 0 Å². The van der Waals surface area contributed by atoms with E-state index in [4.69, 9.17) is 5.11 Å². The molecule has 1 aromatic rings. The molecule has 0 bridgehead atoms. The summed E-state index contributed by atoms with van der Waals surface area (Å²) in [5, 5.41) is 15.2. The number of nitrogens with one attached hydrogen (secondary N) is 3. The lowest BCUT2D eigenvalue weighted by Crippen LogP contribution is -2.52. The number of hydrogen-bond acceptors (Lipinski definition) is 4. The molecule has 1 saturated heterocycles. The quantitative estimate of drug-likeness (QED) is 0.533. The van der Waals surface area contributed by atoms with Crippen molar-refractivity contribution >= 4 is 18.0 Å². The zero-order chi connectivity index (χ0) is 13.2. The normalized spacial score (nSPS) is 22.2. The van der Waals surface area contributed by atoms with Crippen LogP contribution in [0.1, 0.15) is 5.56 Å². The Morgan fingerprint density at radius 1 is 1.50 bits per heavy atom. The van der Waals surface area contributed by atoms with E-state index in [1.165, 1.54) is 12.4 Å². The van der Waals surface area contributed by atoms with Crippen molar-refractivity contribution in [3.05, 3.63) is 30.1 Å². The van der Waals surface area contributed by atoms with E-state index in [-0.39, 0.29) is 6.54 Å². The van der Waals surface area contributed by atoms with E-state index in [1.807, 2.05) is 0 Å². The van der Waals surface area contributed by atoms with Crippen LogP contribution in [0.5, 0.6) is 0 Å². The number of rotatable bonds is 3. The largest absolute Gasteiger partial charge is 0.465 e. The molecule has 1 fully saturated rings. The first-order valence-electron chi connectivity index (χ1n) is 5.05. The highest BCUT2D eigenvalue weighted by Crippen LogP contribution is 2.23. The molecule has 1 atom stereocenters. The van der Waals surface area contributed by atoms with Crippen LogP contribution in [0.15, 0.2) is 24.5 Å². The van der Waals surface area contributed by atoms with Crippen LogP contribution in [0.2, 0.25) is 0 Å². The van der Waals surface area contributed by atoms with Crippen LogP contribution in [0.3, 0.4) is 0 Å². The molecule has 94 valence electrons. The molecule has 8 nitrogen and oxygen atoms in total. The third-order valence-electron chi connectivity index (χ3n) is 2.60. The SMILES string of the molecule is O=C(O)NCC1(c2cccnc2)NC(=O)NC1=O. The van der Waals surface area contributed by atoms with Gasteiger partial charge in [0.2, 0.25) is 0 Å². The average Bonchev–Trinajstić information content (AvgIpc) is 2.64. The summed E-state index contributed by atoms with van der Waals surface area (Å²) in [6, 6.07) is 2.51. The van der Waals surface area contributed by atoms with Crippen LogP contribution in [0, 0.1) is 0 Å². The number of imide groups is 1. The molecule has 1 aromatic heterocycles. The Balaban J connectivity index is 2.37. The van der Waals surface area contributed by atoms with Crippen molar-refractivity contribution in [1.82, 2.24) is 20.9 Å². The monoisotopic (exact) mass is 250 g/mol. The zero-order valence-corrected chi connectivity index (χ0v) is 9.14. The van der Waals surface area contributed by atoms with Crippen molar-refractivity contribution in [2.45, 2.75) is 5.54 Å². The molecule has 1 aliphatic rings. The maximum atomic E-state index is 11.9. The van der Waals surface area contributed by atoms with Gasteiger partial charge in [0.1, 0.15) is 0 Å². The Morgan fingerprint density at radius 2 is 2.28 bits per heavy atom. The third-order valence-corrected chi connectivity index (χ3v) is 2.60. The van der Waals surface area contributed by atoms with Crippen molar-refractivity contribution in [3.63, 3.8) is 0 Å². The Bertz CT molecular complexity index is 504. The molecule has 2 heterocycles. The summed E-state index contributed by atoms with van der Waals surface area (Å²) < 4.78 is 0. The minimum absolute atomic E-state index is 0.272. The molecule has 0 aliphatic carbocycles. The number of pyridine rings is 1. The van der Waals surface area contributed by atoms with E-state index in [0.29, 0.717) is 5.56 Å². The van der Waals surface area contributed by atoms with Crippen LogP contribution in [0.25, 0.3) is 0 Å². The smallest absolute Gasteiger partial charge is 0.404 e. The zero-order valence-electron chi connectivity index (χ0n) is 9.14. The van der Waals surface area contributed by atoms with Gasteiger partial charge in [-0.3, -0.25) is 15.1 Å². The van der Waals surface area contributed by atoms with E-state index < -0.39 is 23.6 Å². The van der Waals surface area contributed by atoms with Crippen LogP contribution < -0.4 is 16.0 Å².